The molecule has 0 unspecified atom stereocenters. The van der Waals surface area contributed by atoms with Crippen LogP contribution in [0.2, 0.25) is 0 Å². The van der Waals surface area contributed by atoms with Crippen LogP contribution in [0.25, 0.3) is 17.2 Å². The lowest BCUT2D eigenvalue weighted by Gasteiger charge is -2.13. The molecule has 2 rings (SSSR count). The highest BCUT2D eigenvalue weighted by molar-refractivity contribution is 5.75. The van der Waals surface area contributed by atoms with Gasteiger partial charge in [-0.3, -0.25) is 4.98 Å². The van der Waals surface area contributed by atoms with Crippen molar-refractivity contribution in [2.24, 2.45) is 0 Å². The molecule has 0 radical (unpaired) electrons. The average molecular weight is 223 g/mol. The fraction of sp³-hybridized carbons (Fsp3) is 0.188. The topological polar surface area (TPSA) is 12.9 Å². The van der Waals surface area contributed by atoms with Crippen molar-refractivity contribution < 1.29 is 0 Å². The van der Waals surface area contributed by atoms with E-state index in [0.717, 1.165) is 11.3 Å². The molecule has 1 aromatic carbocycles. The van der Waals surface area contributed by atoms with Gasteiger partial charge in [-0.1, -0.05) is 56.8 Å². The third kappa shape index (κ3) is 2.28. The summed E-state index contributed by atoms with van der Waals surface area (Å²) in [5, 5.41) is 0. The number of aromatic nitrogens is 1. The summed E-state index contributed by atoms with van der Waals surface area (Å²) in [6.45, 7) is 8.23. The van der Waals surface area contributed by atoms with Crippen LogP contribution >= 0.6 is 0 Å². The highest BCUT2D eigenvalue weighted by Gasteiger charge is 2.10. The Balaban J connectivity index is 2.63. The van der Waals surface area contributed by atoms with E-state index in [1.807, 2.05) is 18.3 Å². The van der Waals surface area contributed by atoms with Crippen LogP contribution in [0.15, 0.2) is 49.2 Å². The lowest BCUT2D eigenvalue weighted by atomic mass is 9.95. The first-order valence-electron chi connectivity index (χ1n) is 5.90. The zero-order chi connectivity index (χ0) is 12.3. The molecule has 17 heavy (non-hydrogen) atoms. The molecular formula is C16H17N. The van der Waals surface area contributed by atoms with Crippen molar-refractivity contribution in [1.29, 1.82) is 0 Å². The lowest BCUT2D eigenvalue weighted by Crippen LogP contribution is -1.98. The van der Waals surface area contributed by atoms with Crippen molar-refractivity contribution in [3.8, 4) is 11.1 Å². The number of hydrogen-bond acceptors (Lipinski definition) is 1. The number of hydrogen-bond donors (Lipinski definition) is 0. The molecule has 0 atom stereocenters. The van der Waals surface area contributed by atoms with Gasteiger partial charge in [-0.25, -0.2) is 0 Å². The second kappa shape index (κ2) is 4.96. The lowest BCUT2D eigenvalue weighted by molar-refractivity contribution is 0.820. The Morgan fingerprint density at radius 2 is 1.82 bits per heavy atom. The van der Waals surface area contributed by atoms with Gasteiger partial charge in [-0.15, -0.1) is 0 Å². The van der Waals surface area contributed by atoms with Gasteiger partial charge in [-0.05, 0) is 23.1 Å². The highest BCUT2D eigenvalue weighted by atomic mass is 14.7. The monoisotopic (exact) mass is 223 g/mol. The summed E-state index contributed by atoms with van der Waals surface area (Å²) < 4.78 is 0. The van der Waals surface area contributed by atoms with Crippen molar-refractivity contribution in [3.05, 3.63) is 60.4 Å². The molecule has 1 nitrogen and oxygen atoms in total. The van der Waals surface area contributed by atoms with E-state index in [0.29, 0.717) is 5.92 Å². The van der Waals surface area contributed by atoms with Crippen LogP contribution in [0.1, 0.15) is 31.0 Å². The second-order valence-electron chi connectivity index (χ2n) is 4.38. The molecule has 0 saturated carbocycles. The van der Waals surface area contributed by atoms with Crippen molar-refractivity contribution in [2.45, 2.75) is 19.8 Å². The van der Waals surface area contributed by atoms with Gasteiger partial charge in [0.25, 0.3) is 0 Å². The summed E-state index contributed by atoms with van der Waals surface area (Å²) in [6.07, 6.45) is 3.79. The van der Waals surface area contributed by atoms with E-state index >= 15 is 0 Å². The van der Waals surface area contributed by atoms with Crippen LogP contribution in [0.4, 0.5) is 0 Å². The number of pyridine rings is 1. The highest BCUT2D eigenvalue weighted by Crippen LogP contribution is 2.29. The van der Waals surface area contributed by atoms with Crippen molar-refractivity contribution in [3.63, 3.8) is 0 Å². The molecule has 1 heterocycles. The molecule has 0 aliphatic heterocycles. The minimum Gasteiger partial charge on any atom is -0.260 e. The third-order valence-corrected chi connectivity index (χ3v) is 2.86. The molecular weight excluding hydrogens is 206 g/mol. The molecule has 1 aromatic heterocycles. The Morgan fingerprint density at radius 1 is 1.12 bits per heavy atom. The largest absolute Gasteiger partial charge is 0.260 e. The first-order valence-corrected chi connectivity index (χ1v) is 5.90. The molecule has 0 N–H and O–H groups in total. The fourth-order valence-corrected chi connectivity index (χ4v) is 2.03. The molecule has 0 aliphatic carbocycles. The zero-order valence-corrected chi connectivity index (χ0v) is 10.4. The molecule has 2 aromatic rings. The molecule has 0 spiro atoms. The maximum Gasteiger partial charge on any atom is 0.0507 e. The SMILES string of the molecule is C=Cc1c(-c2ccccc2)ccnc1C(C)C. The van der Waals surface area contributed by atoms with Gasteiger partial charge in [-0.2, -0.15) is 0 Å². The maximum absolute atomic E-state index is 4.46. The summed E-state index contributed by atoms with van der Waals surface area (Å²) in [6, 6.07) is 12.4. The van der Waals surface area contributed by atoms with Gasteiger partial charge in [0.05, 0.1) is 5.69 Å². The van der Waals surface area contributed by atoms with Crippen LogP contribution in [0, 0.1) is 0 Å². The smallest absolute Gasteiger partial charge is 0.0507 e. The predicted octanol–water partition coefficient (Wildman–Crippen LogP) is 4.52. The van der Waals surface area contributed by atoms with E-state index in [-0.39, 0.29) is 0 Å². The quantitative estimate of drug-likeness (QED) is 0.745. The Kier molecular flexibility index (Phi) is 3.38. The Hall–Kier alpha value is -1.89. The number of benzene rings is 1. The van der Waals surface area contributed by atoms with Gasteiger partial charge >= 0.3 is 0 Å². The summed E-state index contributed by atoms with van der Waals surface area (Å²) in [7, 11) is 0. The molecule has 0 fully saturated rings. The van der Waals surface area contributed by atoms with Gasteiger partial charge in [0.2, 0.25) is 0 Å². The number of rotatable bonds is 3. The van der Waals surface area contributed by atoms with Crippen molar-refractivity contribution >= 4 is 6.08 Å². The number of nitrogens with zero attached hydrogens (tertiary/aromatic N) is 1. The van der Waals surface area contributed by atoms with E-state index in [1.54, 1.807) is 0 Å². The van der Waals surface area contributed by atoms with Gasteiger partial charge in [0.15, 0.2) is 0 Å². The fourth-order valence-electron chi connectivity index (χ4n) is 2.03. The van der Waals surface area contributed by atoms with Crippen LogP contribution < -0.4 is 0 Å². The molecule has 0 bridgehead atoms. The van der Waals surface area contributed by atoms with Crippen LogP contribution in [0.3, 0.4) is 0 Å². The first kappa shape index (κ1) is 11.6. The second-order valence-corrected chi connectivity index (χ2v) is 4.38. The molecule has 86 valence electrons. The molecule has 0 saturated heterocycles. The maximum atomic E-state index is 4.46. The third-order valence-electron chi connectivity index (χ3n) is 2.86. The molecule has 0 amide bonds. The Bertz CT molecular complexity index is 512. The van der Waals surface area contributed by atoms with E-state index in [1.165, 1.54) is 11.1 Å². The zero-order valence-electron chi connectivity index (χ0n) is 10.4. The van der Waals surface area contributed by atoms with Crippen LogP contribution in [-0.2, 0) is 0 Å². The van der Waals surface area contributed by atoms with E-state index < -0.39 is 0 Å². The standard InChI is InChI=1S/C16H17N/c1-4-14-15(13-8-6-5-7-9-13)10-11-17-16(14)12(2)3/h4-12H,1H2,2-3H3. The first-order chi connectivity index (χ1) is 8.24. The summed E-state index contributed by atoms with van der Waals surface area (Å²) in [5.41, 5.74) is 4.68. The normalized spacial score (nSPS) is 10.5. The van der Waals surface area contributed by atoms with E-state index in [9.17, 15) is 0 Å². The van der Waals surface area contributed by atoms with Crippen molar-refractivity contribution in [2.75, 3.05) is 0 Å². The van der Waals surface area contributed by atoms with E-state index in [4.69, 9.17) is 0 Å². The summed E-state index contributed by atoms with van der Waals surface area (Å²) in [5.74, 6) is 0.409. The Labute approximate surface area is 103 Å². The van der Waals surface area contributed by atoms with Gasteiger partial charge in [0.1, 0.15) is 0 Å². The summed E-state index contributed by atoms with van der Waals surface area (Å²) >= 11 is 0. The van der Waals surface area contributed by atoms with E-state index in [2.05, 4.69) is 55.7 Å². The summed E-state index contributed by atoms with van der Waals surface area (Å²) in [4.78, 5) is 4.46. The predicted molar refractivity (Wildman–Crippen MR) is 73.9 cm³/mol. The minimum absolute atomic E-state index is 0.409. The molecule has 1 heteroatoms. The minimum atomic E-state index is 0.409. The van der Waals surface area contributed by atoms with Crippen LogP contribution in [-0.4, -0.2) is 4.98 Å². The van der Waals surface area contributed by atoms with Crippen LogP contribution in [0.5, 0.6) is 0 Å². The average Bonchev–Trinajstić information content (AvgIpc) is 2.38. The van der Waals surface area contributed by atoms with Gasteiger partial charge in [0, 0.05) is 11.8 Å². The molecule has 0 aliphatic rings. The van der Waals surface area contributed by atoms with Gasteiger partial charge < -0.3 is 0 Å². The van der Waals surface area contributed by atoms with Crippen molar-refractivity contribution in [1.82, 2.24) is 4.98 Å². The Morgan fingerprint density at radius 3 is 2.41 bits per heavy atom.